The molecule has 1 unspecified atom stereocenters. The molecule has 4 aromatic rings. The van der Waals surface area contributed by atoms with E-state index in [4.69, 9.17) is 9.72 Å². The molecule has 5 rings (SSSR count). The summed E-state index contributed by atoms with van der Waals surface area (Å²) in [6, 6.07) is 24.1. The Kier molecular flexibility index (Phi) is 6.26. The van der Waals surface area contributed by atoms with Crippen LogP contribution < -0.4 is 4.74 Å². The van der Waals surface area contributed by atoms with E-state index >= 15 is 0 Å². The molecule has 1 saturated heterocycles. The summed E-state index contributed by atoms with van der Waals surface area (Å²) in [4.78, 5) is 7.24. The second kappa shape index (κ2) is 9.48. The number of para-hydroxylation sites is 2. The topological polar surface area (TPSA) is 39.5 Å². The molecule has 3 aromatic carbocycles. The Morgan fingerprint density at radius 1 is 0.882 bits per heavy atom. The van der Waals surface area contributed by atoms with Crippen LogP contribution in [-0.2, 0) is 17.8 Å². The molecule has 5 nitrogen and oxygen atoms in total. The van der Waals surface area contributed by atoms with Crippen LogP contribution in [0.15, 0.2) is 78.9 Å². The van der Waals surface area contributed by atoms with E-state index in [9.17, 15) is 13.2 Å². The lowest BCUT2D eigenvalue weighted by atomic mass is 10.1. The zero-order valence-corrected chi connectivity index (χ0v) is 18.4. The first kappa shape index (κ1) is 22.4. The van der Waals surface area contributed by atoms with Gasteiger partial charge in [-0.05, 0) is 35.4 Å². The number of fused-ring (bicyclic) bond motifs is 1. The summed E-state index contributed by atoms with van der Waals surface area (Å²) in [5.74, 6) is 0.578. The molecular weight excluding hydrogens is 443 g/mol. The van der Waals surface area contributed by atoms with Crippen molar-refractivity contribution in [1.82, 2.24) is 14.5 Å². The van der Waals surface area contributed by atoms with Gasteiger partial charge in [0.1, 0.15) is 17.7 Å². The highest BCUT2D eigenvalue weighted by molar-refractivity contribution is 5.76. The van der Waals surface area contributed by atoms with Crippen LogP contribution in [-0.4, -0.2) is 40.5 Å². The molecule has 1 aliphatic heterocycles. The highest BCUT2D eigenvalue weighted by atomic mass is 19.4. The Labute approximate surface area is 195 Å². The molecule has 0 amide bonds. The van der Waals surface area contributed by atoms with Crippen molar-refractivity contribution in [3.63, 3.8) is 0 Å². The number of alkyl halides is 3. The lowest BCUT2D eigenvalue weighted by Crippen LogP contribution is -2.38. The van der Waals surface area contributed by atoms with E-state index in [0.29, 0.717) is 19.7 Å². The van der Waals surface area contributed by atoms with Crippen molar-refractivity contribution < 1.29 is 22.6 Å². The van der Waals surface area contributed by atoms with Crippen molar-refractivity contribution in [1.29, 1.82) is 0 Å². The number of halogens is 3. The number of imidazole rings is 1. The van der Waals surface area contributed by atoms with E-state index in [1.165, 1.54) is 17.7 Å². The largest absolute Gasteiger partial charge is 0.573 e. The van der Waals surface area contributed by atoms with Gasteiger partial charge in [0.05, 0.1) is 17.6 Å². The van der Waals surface area contributed by atoms with Crippen molar-refractivity contribution in [3.05, 3.63) is 95.8 Å². The first-order valence-electron chi connectivity index (χ1n) is 11.1. The van der Waals surface area contributed by atoms with Gasteiger partial charge < -0.3 is 14.0 Å². The smallest absolute Gasteiger partial charge is 0.406 e. The molecule has 1 aliphatic rings. The van der Waals surface area contributed by atoms with E-state index in [-0.39, 0.29) is 11.9 Å². The highest BCUT2D eigenvalue weighted by Crippen LogP contribution is 2.28. The van der Waals surface area contributed by atoms with Gasteiger partial charge in [-0.25, -0.2) is 4.98 Å². The second-order valence-electron chi connectivity index (χ2n) is 8.32. The molecule has 34 heavy (non-hydrogen) atoms. The fraction of sp³-hybridized carbons (Fsp3) is 0.269. The summed E-state index contributed by atoms with van der Waals surface area (Å²) in [6.45, 7) is 3.44. The Hall–Kier alpha value is -3.36. The van der Waals surface area contributed by atoms with Crippen LogP contribution in [0.4, 0.5) is 13.2 Å². The van der Waals surface area contributed by atoms with Gasteiger partial charge in [-0.1, -0.05) is 54.6 Å². The average molecular weight is 467 g/mol. The third-order valence-electron chi connectivity index (χ3n) is 5.87. The standard InChI is InChI=1S/C26H24F3N3O2/c27-26(28,29)34-21-12-10-20(11-13-21)17-32-23-9-5-4-8-22(23)30-25(32)24-18-31(14-15-33-24)16-19-6-2-1-3-7-19/h1-13,24H,14-18H2. The van der Waals surface area contributed by atoms with Crippen LogP contribution >= 0.6 is 0 Å². The van der Waals surface area contributed by atoms with Crippen molar-refractivity contribution in [2.24, 2.45) is 0 Å². The number of benzene rings is 3. The second-order valence-corrected chi connectivity index (χ2v) is 8.32. The quantitative estimate of drug-likeness (QED) is 0.372. The molecule has 2 heterocycles. The monoisotopic (exact) mass is 467 g/mol. The third-order valence-corrected chi connectivity index (χ3v) is 5.87. The van der Waals surface area contributed by atoms with Crippen LogP contribution in [0.1, 0.15) is 23.1 Å². The van der Waals surface area contributed by atoms with Crippen LogP contribution in [0.3, 0.4) is 0 Å². The molecule has 1 atom stereocenters. The SMILES string of the molecule is FC(F)(F)Oc1ccc(Cn2c(C3CN(Cc4ccccc4)CCO3)nc3ccccc32)cc1. The predicted molar refractivity (Wildman–Crippen MR) is 122 cm³/mol. The number of ether oxygens (including phenoxy) is 2. The zero-order valence-electron chi connectivity index (χ0n) is 18.4. The lowest BCUT2D eigenvalue weighted by molar-refractivity contribution is -0.274. The number of hydrogen-bond acceptors (Lipinski definition) is 4. The average Bonchev–Trinajstić information content (AvgIpc) is 3.19. The van der Waals surface area contributed by atoms with Crippen molar-refractivity contribution in [2.75, 3.05) is 19.7 Å². The van der Waals surface area contributed by atoms with E-state index in [1.54, 1.807) is 12.1 Å². The maximum atomic E-state index is 12.5. The van der Waals surface area contributed by atoms with E-state index < -0.39 is 6.36 Å². The van der Waals surface area contributed by atoms with E-state index in [1.807, 2.05) is 42.5 Å². The minimum Gasteiger partial charge on any atom is -0.406 e. The van der Waals surface area contributed by atoms with Crippen molar-refractivity contribution in [2.45, 2.75) is 25.6 Å². The molecule has 176 valence electrons. The van der Waals surface area contributed by atoms with Crippen molar-refractivity contribution >= 4 is 11.0 Å². The molecular formula is C26H24F3N3O2. The minimum absolute atomic E-state index is 0.210. The van der Waals surface area contributed by atoms with Gasteiger partial charge in [0, 0.05) is 26.2 Å². The maximum Gasteiger partial charge on any atom is 0.573 e. The maximum absolute atomic E-state index is 12.5. The van der Waals surface area contributed by atoms with Gasteiger partial charge in [-0.3, -0.25) is 4.90 Å². The number of aromatic nitrogens is 2. The normalized spacial score (nSPS) is 17.2. The molecule has 0 N–H and O–H groups in total. The molecule has 0 spiro atoms. The number of rotatable bonds is 6. The van der Waals surface area contributed by atoms with E-state index in [0.717, 1.165) is 35.5 Å². The molecule has 1 fully saturated rings. The number of hydrogen-bond donors (Lipinski definition) is 0. The molecule has 0 bridgehead atoms. The summed E-state index contributed by atoms with van der Waals surface area (Å²) in [5, 5.41) is 0. The molecule has 0 aliphatic carbocycles. The van der Waals surface area contributed by atoms with Crippen LogP contribution in [0.25, 0.3) is 11.0 Å². The fourth-order valence-corrected chi connectivity index (χ4v) is 4.33. The van der Waals surface area contributed by atoms with Crippen molar-refractivity contribution in [3.8, 4) is 5.75 Å². The van der Waals surface area contributed by atoms with Gasteiger partial charge in [0.15, 0.2) is 0 Å². The van der Waals surface area contributed by atoms with Crippen LogP contribution in [0, 0.1) is 0 Å². The molecule has 8 heteroatoms. The predicted octanol–water partition coefficient (Wildman–Crippen LogP) is 5.56. The highest BCUT2D eigenvalue weighted by Gasteiger charge is 2.31. The van der Waals surface area contributed by atoms with Gasteiger partial charge >= 0.3 is 6.36 Å². The first-order chi connectivity index (χ1) is 16.4. The zero-order chi connectivity index (χ0) is 23.5. The first-order valence-corrected chi connectivity index (χ1v) is 11.1. The third kappa shape index (κ3) is 5.24. The number of morpholine rings is 1. The fourth-order valence-electron chi connectivity index (χ4n) is 4.33. The molecule has 0 radical (unpaired) electrons. The summed E-state index contributed by atoms with van der Waals surface area (Å²) >= 11 is 0. The molecule has 0 saturated carbocycles. The van der Waals surface area contributed by atoms with Gasteiger partial charge in [-0.2, -0.15) is 0 Å². The summed E-state index contributed by atoms with van der Waals surface area (Å²) in [7, 11) is 0. The Balaban J connectivity index is 1.40. The van der Waals surface area contributed by atoms with Gasteiger partial charge in [-0.15, -0.1) is 13.2 Å². The Morgan fingerprint density at radius 2 is 1.59 bits per heavy atom. The minimum atomic E-state index is -4.71. The summed E-state index contributed by atoms with van der Waals surface area (Å²) < 4.78 is 49.7. The van der Waals surface area contributed by atoms with E-state index in [2.05, 4.69) is 26.3 Å². The Bertz CT molecular complexity index is 1240. The molecule has 1 aromatic heterocycles. The summed E-state index contributed by atoms with van der Waals surface area (Å²) in [5.41, 5.74) is 3.91. The Morgan fingerprint density at radius 3 is 2.35 bits per heavy atom. The van der Waals surface area contributed by atoms with Gasteiger partial charge in [0.2, 0.25) is 0 Å². The van der Waals surface area contributed by atoms with Crippen LogP contribution in [0.2, 0.25) is 0 Å². The van der Waals surface area contributed by atoms with Gasteiger partial charge in [0.25, 0.3) is 0 Å². The van der Waals surface area contributed by atoms with Crippen LogP contribution in [0.5, 0.6) is 5.75 Å². The summed E-state index contributed by atoms with van der Waals surface area (Å²) in [6.07, 6.45) is -4.92. The number of nitrogens with zero attached hydrogens (tertiary/aromatic N) is 3. The lowest BCUT2D eigenvalue weighted by Gasteiger charge is -2.33.